The molecule has 2 aromatic carbocycles. The van der Waals surface area contributed by atoms with Crippen LogP contribution in [0.4, 0.5) is 8.78 Å². The molecule has 0 radical (unpaired) electrons. The summed E-state index contributed by atoms with van der Waals surface area (Å²) in [5.74, 6) is 0.192. The van der Waals surface area contributed by atoms with E-state index >= 15 is 0 Å². The van der Waals surface area contributed by atoms with Crippen LogP contribution < -0.4 is 4.74 Å². The van der Waals surface area contributed by atoms with E-state index in [1.54, 1.807) is 24.3 Å². The van der Waals surface area contributed by atoms with Crippen LogP contribution in [-0.2, 0) is 12.5 Å². The van der Waals surface area contributed by atoms with Crippen molar-refractivity contribution in [2.24, 2.45) is 0 Å². The molecule has 0 amide bonds. The van der Waals surface area contributed by atoms with Crippen molar-refractivity contribution in [3.8, 4) is 5.75 Å². The molecule has 25 heavy (non-hydrogen) atoms. The Balaban J connectivity index is 1.84. The van der Waals surface area contributed by atoms with Crippen LogP contribution in [0.3, 0.4) is 0 Å². The van der Waals surface area contributed by atoms with Gasteiger partial charge in [0.1, 0.15) is 5.75 Å². The summed E-state index contributed by atoms with van der Waals surface area (Å²) in [6.45, 7) is 4.08. The van der Waals surface area contributed by atoms with Gasteiger partial charge in [-0.2, -0.15) is 8.78 Å². The molecule has 0 saturated heterocycles. The Hall–Kier alpha value is -1.90. The lowest BCUT2D eigenvalue weighted by Crippen LogP contribution is -2.21. The summed E-state index contributed by atoms with van der Waals surface area (Å²) >= 11 is 0. The predicted octanol–water partition coefficient (Wildman–Crippen LogP) is 7.03. The van der Waals surface area contributed by atoms with Crippen molar-refractivity contribution in [3.05, 3.63) is 65.2 Å². The van der Waals surface area contributed by atoms with Crippen LogP contribution in [-0.4, -0.2) is 0 Å². The third-order valence-corrected chi connectivity index (χ3v) is 4.38. The lowest BCUT2D eigenvalue weighted by atomic mass is 10.0. The van der Waals surface area contributed by atoms with Crippen molar-refractivity contribution in [1.82, 2.24) is 0 Å². The Morgan fingerprint density at radius 1 is 0.800 bits per heavy atom. The molecule has 0 saturated carbocycles. The second-order valence-corrected chi connectivity index (χ2v) is 6.65. The smallest absolute Gasteiger partial charge is 0.426 e. The van der Waals surface area contributed by atoms with E-state index in [-0.39, 0.29) is 11.3 Å². The van der Waals surface area contributed by atoms with Crippen molar-refractivity contribution in [1.29, 1.82) is 0 Å². The minimum atomic E-state index is -3.32. The summed E-state index contributed by atoms with van der Waals surface area (Å²) in [5.41, 5.74) is 1.98. The van der Waals surface area contributed by atoms with E-state index in [0.717, 1.165) is 18.4 Å². The molecular weight excluding hydrogens is 318 g/mol. The van der Waals surface area contributed by atoms with E-state index in [2.05, 4.69) is 6.92 Å². The molecule has 2 aromatic rings. The number of halogens is 2. The van der Waals surface area contributed by atoms with Crippen LogP contribution in [0.1, 0.15) is 62.1 Å². The molecule has 0 unspecified atom stereocenters. The zero-order valence-electron chi connectivity index (χ0n) is 15.2. The average molecular weight is 346 g/mol. The fourth-order valence-electron chi connectivity index (χ4n) is 2.79. The largest absolute Gasteiger partial charge is 0.429 e. The first kappa shape index (κ1) is 19.4. The standard InChI is InChI=1S/C22H28F2O/c1-3-4-5-6-7-8-9-19-12-16-21(17-13-19)25-22(23,24)20-14-10-18(2)11-15-20/h10-17H,3-9H2,1-2H3. The van der Waals surface area contributed by atoms with E-state index in [0.29, 0.717) is 0 Å². The highest BCUT2D eigenvalue weighted by molar-refractivity contribution is 5.29. The fraction of sp³-hybridized carbons (Fsp3) is 0.455. The number of ether oxygens (including phenoxy) is 1. The Bertz CT molecular complexity index is 617. The average Bonchev–Trinajstić information content (AvgIpc) is 2.59. The maximum atomic E-state index is 14.2. The summed E-state index contributed by atoms with van der Waals surface area (Å²) < 4.78 is 33.3. The minimum absolute atomic E-state index is 0.130. The van der Waals surface area contributed by atoms with E-state index in [4.69, 9.17) is 4.74 Å². The van der Waals surface area contributed by atoms with Gasteiger partial charge in [-0.25, -0.2) is 0 Å². The van der Waals surface area contributed by atoms with Crippen LogP contribution in [0, 0.1) is 6.92 Å². The highest BCUT2D eigenvalue weighted by atomic mass is 19.3. The molecule has 0 aliphatic heterocycles. The van der Waals surface area contributed by atoms with Crippen LogP contribution in [0.5, 0.6) is 5.75 Å². The number of unbranched alkanes of at least 4 members (excludes halogenated alkanes) is 5. The normalized spacial score (nSPS) is 11.5. The van der Waals surface area contributed by atoms with Crippen molar-refractivity contribution in [2.45, 2.75) is 64.9 Å². The first-order chi connectivity index (χ1) is 12.0. The lowest BCUT2D eigenvalue weighted by Gasteiger charge is -2.18. The molecule has 1 nitrogen and oxygen atoms in total. The number of benzene rings is 2. The molecule has 0 spiro atoms. The van der Waals surface area contributed by atoms with E-state index in [1.807, 2.05) is 19.1 Å². The lowest BCUT2D eigenvalue weighted by molar-refractivity contribution is -0.185. The summed E-state index contributed by atoms with van der Waals surface area (Å²) in [6, 6.07) is 13.2. The van der Waals surface area contributed by atoms with E-state index in [9.17, 15) is 8.78 Å². The highest BCUT2D eigenvalue weighted by Gasteiger charge is 2.34. The van der Waals surface area contributed by atoms with Crippen LogP contribution in [0.25, 0.3) is 0 Å². The number of hydrogen-bond acceptors (Lipinski definition) is 1. The fourth-order valence-corrected chi connectivity index (χ4v) is 2.79. The molecule has 0 heterocycles. The van der Waals surface area contributed by atoms with Gasteiger partial charge in [0, 0.05) is 0 Å². The van der Waals surface area contributed by atoms with Gasteiger partial charge < -0.3 is 4.74 Å². The molecule has 0 aliphatic rings. The Morgan fingerprint density at radius 3 is 2.04 bits per heavy atom. The van der Waals surface area contributed by atoms with Gasteiger partial charge in [0.15, 0.2) is 0 Å². The summed E-state index contributed by atoms with van der Waals surface area (Å²) in [6.07, 6.45) is 5.17. The minimum Gasteiger partial charge on any atom is -0.429 e. The molecule has 0 aliphatic carbocycles. The number of aryl methyl sites for hydroxylation is 2. The molecule has 136 valence electrons. The van der Waals surface area contributed by atoms with E-state index < -0.39 is 6.11 Å². The van der Waals surface area contributed by atoms with Crippen molar-refractivity contribution >= 4 is 0 Å². The molecule has 0 N–H and O–H groups in total. The Kier molecular flexibility index (Phi) is 7.42. The van der Waals surface area contributed by atoms with Gasteiger partial charge in [-0.3, -0.25) is 0 Å². The number of alkyl halides is 2. The first-order valence-electron chi connectivity index (χ1n) is 9.24. The van der Waals surface area contributed by atoms with Gasteiger partial charge in [0.05, 0.1) is 5.56 Å². The van der Waals surface area contributed by atoms with Crippen molar-refractivity contribution < 1.29 is 13.5 Å². The third kappa shape index (κ3) is 6.49. The van der Waals surface area contributed by atoms with Crippen LogP contribution >= 0.6 is 0 Å². The van der Waals surface area contributed by atoms with E-state index in [1.165, 1.54) is 49.8 Å². The maximum Gasteiger partial charge on any atom is 0.426 e. The first-order valence-corrected chi connectivity index (χ1v) is 9.24. The topological polar surface area (TPSA) is 9.23 Å². The van der Waals surface area contributed by atoms with Crippen LogP contribution in [0.2, 0.25) is 0 Å². The third-order valence-electron chi connectivity index (χ3n) is 4.38. The van der Waals surface area contributed by atoms with Gasteiger partial charge in [0.25, 0.3) is 0 Å². The SMILES string of the molecule is CCCCCCCCc1ccc(OC(F)(F)c2ccc(C)cc2)cc1. The monoisotopic (exact) mass is 346 g/mol. The molecular formula is C22H28F2O. The van der Waals surface area contributed by atoms with Gasteiger partial charge in [-0.1, -0.05) is 68.9 Å². The summed E-state index contributed by atoms with van der Waals surface area (Å²) in [5, 5.41) is 0. The molecule has 0 bridgehead atoms. The van der Waals surface area contributed by atoms with Crippen LogP contribution in [0.15, 0.2) is 48.5 Å². The maximum absolute atomic E-state index is 14.2. The second-order valence-electron chi connectivity index (χ2n) is 6.65. The number of hydrogen-bond donors (Lipinski definition) is 0. The number of rotatable bonds is 10. The predicted molar refractivity (Wildman–Crippen MR) is 99.2 cm³/mol. The highest BCUT2D eigenvalue weighted by Crippen LogP contribution is 2.31. The molecule has 0 aromatic heterocycles. The quantitative estimate of drug-likeness (QED) is 0.420. The zero-order chi connectivity index (χ0) is 18.1. The molecule has 3 heteroatoms. The Labute approximate surface area is 150 Å². The van der Waals surface area contributed by atoms with Gasteiger partial charge in [-0.15, -0.1) is 0 Å². The summed E-state index contributed by atoms with van der Waals surface area (Å²) in [7, 11) is 0. The molecule has 2 rings (SSSR count). The second kappa shape index (κ2) is 9.55. The Morgan fingerprint density at radius 2 is 1.40 bits per heavy atom. The van der Waals surface area contributed by atoms with Crippen molar-refractivity contribution in [3.63, 3.8) is 0 Å². The van der Waals surface area contributed by atoms with Gasteiger partial charge in [-0.05, 0) is 49.6 Å². The molecule has 0 atom stereocenters. The van der Waals surface area contributed by atoms with Gasteiger partial charge >= 0.3 is 6.11 Å². The zero-order valence-corrected chi connectivity index (χ0v) is 15.2. The van der Waals surface area contributed by atoms with Gasteiger partial charge in [0.2, 0.25) is 0 Å². The summed E-state index contributed by atoms with van der Waals surface area (Å²) in [4.78, 5) is 0. The van der Waals surface area contributed by atoms with Crippen molar-refractivity contribution in [2.75, 3.05) is 0 Å². The molecule has 0 fully saturated rings.